The van der Waals surface area contributed by atoms with Crippen LogP contribution in [0.3, 0.4) is 0 Å². The third-order valence-electron chi connectivity index (χ3n) is 2.45. The predicted molar refractivity (Wildman–Crippen MR) is 59.2 cm³/mol. The normalized spacial score (nSPS) is 15.3. The summed E-state index contributed by atoms with van der Waals surface area (Å²) in [6.45, 7) is 3.72. The Balaban J connectivity index is 2.66. The molecule has 0 aliphatic carbocycles. The highest BCUT2D eigenvalue weighted by Gasteiger charge is 2.20. The van der Waals surface area contributed by atoms with Crippen molar-refractivity contribution in [2.24, 2.45) is 5.92 Å². The van der Waals surface area contributed by atoms with Gasteiger partial charge in [0.1, 0.15) is 0 Å². The molecule has 0 fully saturated rings. The lowest BCUT2D eigenvalue weighted by molar-refractivity contribution is -0.00726. The summed E-state index contributed by atoms with van der Waals surface area (Å²) in [5.74, 6) is 0.0258. The second-order valence-electron chi connectivity index (χ2n) is 4.08. The highest BCUT2D eigenvalue weighted by molar-refractivity contribution is 5.44. The molecular formula is C11H18N2O2. The Morgan fingerprint density at radius 3 is 2.60 bits per heavy atom. The molecule has 1 aromatic rings. The summed E-state index contributed by atoms with van der Waals surface area (Å²) < 4.78 is 0. The summed E-state index contributed by atoms with van der Waals surface area (Å²) in [5.41, 5.74) is 7.08. The predicted octanol–water partition coefficient (Wildman–Crippen LogP) is 0.584. The van der Waals surface area contributed by atoms with Crippen LogP contribution in [0.5, 0.6) is 0 Å². The molecule has 1 rings (SSSR count). The van der Waals surface area contributed by atoms with Crippen molar-refractivity contribution in [3.63, 3.8) is 0 Å². The second-order valence-corrected chi connectivity index (χ2v) is 4.08. The summed E-state index contributed by atoms with van der Waals surface area (Å²) in [6, 6.07) is 1.68. The third-order valence-corrected chi connectivity index (χ3v) is 2.45. The minimum atomic E-state index is -0.795. The van der Waals surface area contributed by atoms with Crippen LogP contribution in [0.15, 0.2) is 18.5 Å². The second kappa shape index (κ2) is 5.09. The molecule has 1 heterocycles. The molecule has 0 amide bonds. The number of nitrogen functional groups attached to an aromatic ring is 1. The summed E-state index contributed by atoms with van der Waals surface area (Å²) in [4.78, 5) is 3.93. The van der Waals surface area contributed by atoms with Crippen LogP contribution < -0.4 is 5.73 Å². The third kappa shape index (κ3) is 3.18. The number of pyridine rings is 1. The number of rotatable bonds is 4. The molecule has 4 N–H and O–H groups in total. The van der Waals surface area contributed by atoms with Crippen molar-refractivity contribution in [1.82, 2.24) is 4.98 Å². The lowest BCUT2D eigenvalue weighted by Gasteiger charge is -2.21. The molecule has 0 radical (unpaired) electrons. The monoisotopic (exact) mass is 210 g/mol. The van der Waals surface area contributed by atoms with E-state index >= 15 is 0 Å². The van der Waals surface area contributed by atoms with Crippen LogP contribution in [0.25, 0.3) is 0 Å². The number of nitrogens with two attached hydrogens (primary N) is 1. The summed E-state index contributed by atoms with van der Waals surface area (Å²) in [7, 11) is 0. The molecule has 0 spiro atoms. The van der Waals surface area contributed by atoms with Gasteiger partial charge >= 0.3 is 0 Å². The Kier molecular flexibility index (Phi) is 4.05. The number of aliphatic hydroxyl groups is 2. The van der Waals surface area contributed by atoms with Crippen molar-refractivity contribution in [3.8, 4) is 0 Å². The summed E-state index contributed by atoms with van der Waals surface area (Å²) >= 11 is 0. The largest absolute Gasteiger partial charge is 0.398 e. The molecule has 4 heteroatoms. The molecular weight excluding hydrogens is 192 g/mol. The zero-order valence-electron chi connectivity index (χ0n) is 9.09. The molecule has 0 saturated carbocycles. The van der Waals surface area contributed by atoms with Crippen LogP contribution in [0.2, 0.25) is 0 Å². The van der Waals surface area contributed by atoms with Crippen molar-refractivity contribution in [1.29, 1.82) is 0 Å². The molecule has 1 aromatic heterocycles. The lowest BCUT2D eigenvalue weighted by atomic mass is 9.97. The van der Waals surface area contributed by atoms with Crippen molar-refractivity contribution in [3.05, 3.63) is 24.0 Å². The molecule has 84 valence electrons. The van der Waals surface area contributed by atoms with E-state index in [1.807, 2.05) is 13.8 Å². The van der Waals surface area contributed by atoms with Crippen LogP contribution in [0.1, 0.15) is 19.4 Å². The average molecular weight is 210 g/mol. The summed E-state index contributed by atoms with van der Waals surface area (Å²) in [5, 5.41) is 19.4. The van der Waals surface area contributed by atoms with Gasteiger partial charge in [0, 0.05) is 24.5 Å². The van der Waals surface area contributed by atoms with Crippen molar-refractivity contribution in [2.75, 3.05) is 5.73 Å². The maximum atomic E-state index is 9.73. The van der Waals surface area contributed by atoms with Gasteiger partial charge in [0.05, 0.1) is 12.2 Å². The lowest BCUT2D eigenvalue weighted by Crippen LogP contribution is -2.32. The standard InChI is InChI=1S/C11H18N2O2/c1-7(2)11(15)10(14)5-8-6-13-4-3-9(8)12/h3-4,6-7,10-11,14-15H,5H2,1-2H3,(H2,12,13). The molecule has 0 bridgehead atoms. The first-order valence-corrected chi connectivity index (χ1v) is 5.07. The van der Waals surface area contributed by atoms with E-state index in [2.05, 4.69) is 4.98 Å². The summed E-state index contributed by atoms with van der Waals surface area (Å²) in [6.07, 6.45) is 2.02. The van der Waals surface area contributed by atoms with E-state index in [1.165, 1.54) is 0 Å². The Hall–Kier alpha value is -1.13. The van der Waals surface area contributed by atoms with Gasteiger partial charge < -0.3 is 15.9 Å². The van der Waals surface area contributed by atoms with E-state index in [9.17, 15) is 10.2 Å². The maximum Gasteiger partial charge on any atom is 0.0843 e. The molecule has 0 aliphatic heterocycles. The Labute approximate surface area is 89.8 Å². The van der Waals surface area contributed by atoms with Gasteiger partial charge in [0.2, 0.25) is 0 Å². The molecule has 0 aromatic carbocycles. The number of anilines is 1. The van der Waals surface area contributed by atoms with Crippen molar-refractivity contribution >= 4 is 5.69 Å². The van der Waals surface area contributed by atoms with E-state index in [4.69, 9.17) is 5.73 Å². The zero-order valence-corrected chi connectivity index (χ0v) is 9.09. The number of aromatic nitrogens is 1. The molecule has 2 atom stereocenters. The van der Waals surface area contributed by atoms with Crippen LogP contribution in [0.4, 0.5) is 5.69 Å². The van der Waals surface area contributed by atoms with Crippen molar-refractivity contribution in [2.45, 2.75) is 32.5 Å². The van der Waals surface area contributed by atoms with Gasteiger partial charge in [0.15, 0.2) is 0 Å². The fourth-order valence-corrected chi connectivity index (χ4v) is 1.40. The Bertz CT molecular complexity index is 315. The molecule has 4 nitrogen and oxygen atoms in total. The first kappa shape index (κ1) is 11.9. The van der Waals surface area contributed by atoms with E-state index in [0.29, 0.717) is 12.1 Å². The van der Waals surface area contributed by atoms with E-state index in [1.54, 1.807) is 18.5 Å². The fourth-order valence-electron chi connectivity index (χ4n) is 1.40. The van der Waals surface area contributed by atoms with E-state index in [0.717, 1.165) is 5.56 Å². The maximum absolute atomic E-state index is 9.73. The highest BCUT2D eigenvalue weighted by Crippen LogP contribution is 2.15. The number of hydrogen-bond donors (Lipinski definition) is 3. The topological polar surface area (TPSA) is 79.4 Å². The van der Waals surface area contributed by atoms with Crippen LogP contribution in [-0.2, 0) is 6.42 Å². The first-order chi connectivity index (χ1) is 7.02. The first-order valence-electron chi connectivity index (χ1n) is 5.07. The van der Waals surface area contributed by atoms with E-state index in [-0.39, 0.29) is 5.92 Å². The SMILES string of the molecule is CC(C)C(O)C(O)Cc1cnccc1N. The van der Waals surface area contributed by atoms with E-state index < -0.39 is 12.2 Å². The number of aliphatic hydroxyl groups excluding tert-OH is 2. The zero-order chi connectivity index (χ0) is 11.4. The van der Waals surface area contributed by atoms with Gasteiger partial charge in [-0.15, -0.1) is 0 Å². The van der Waals surface area contributed by atoms with Gasteiger partial charge in [-0.25, -0.2) is 0 Å². The minimum absolute atomic E-state index is 0.0258. The Morgan fingerprint density at radius 2 is 2.07 bits per heavy atom. The average Bonchev–Trinajstić information content (AvgIpc) is 2.20. The fraction of sp³-hybridized carbons (Fsp3) is 0.545. The number of hydrogen-bond acceptors (Lipinski definition) is 4. The van der Waals surface area contributed by atoms with Crippen LogP contribution >= 0.6 is 0 Å². The highest BCUT2D eigenvalue weighted by atomic mass is 16.3. The molecule has 0 saturated heterocycles. The van der Waals surface area contributed by atoms with Gasteiger partial charge in [-0.1, -0.05) is 13.8 Å². The molecule has 0 aliphatic rings. The van der Waals surface area contributed by atoms with Gasteiger partial charge in [0.25, 0.3) is 0 Å². The molecule has 15 heavy (non-hydrogen) atoms. The van der Waals surface area contributed by atoms with Gasteiger partial charge in [-0.3, -0.25) is 4.98 Å². The van der Waals surface area contributed by atoms with Gasteiger partial charge in [-0.2, -0.15) is 0 Å². The van der Waals surface area contributed by atoms with Gasteiger partial charge in [-0.05, 0) is 17.5 Å². The van der Waals surface area contributed by atoms with Crippen LogP contribution in [0, 0.1) is 5.92 Å². The van der Waals surface area contributed by atoms with Crippen molar-refractivity contribution < 1.29 is 10.2 Å². The van der Waals surface area contributed by atoms with Crippen LogP contribution in [-0.4, -0.2) is 27.4 Å². The Morgan fingerprint density at radius 1 is 1.40 bits per heavy atom. The smallest absolute Gasteiger partial charge is 0.0843 e. The molecule has 2 unspecified atom stereocenters. The quantitative estimate of drug-likeness (QED) is 0.679. The number of nitrogens with zero attached hydrogens (tertiary/aromatic N) is 1. The minimum Gasteiger partial charge on any atom is -0.398 e.